The molecule has 0 spiro atoms. The van der Waals surface area contributed by atoms with Gasteiger partial charge in [-0.15, -0.1) is 0 Å². The van der Waals surface area contributed by atoms with Gasteiger partial charge in [0.15, 0.2) is 0 Å². The molecule has 0 bridgehead atoms. The van der Waals surface area contributed by atoms with Crippen LogP contribution >= 0.6 is 0 Å². The summed E-state index contributed by atoms with van der Waals surface area (Å²) in [4.78, 5) is 0. The number of allylic oxidation sites excluding steroid dienone is 4. The Morgan fingerprint density at radius 1 is 1.38 bits per heavy atom. The quantitative estimate of drug-likeness (QED) is 0.815. The Labute approximate surface area is 96.4 Å². The van der Waals surface area contributed by atoms with E-state index in [-0.39, 0.29) is 12.5 Å². The Hall–Kier alpha value is -1.60. The molecular weight excluding hydrogens is 196 g/mol. The van der Waals surface area contributed by atoms with Crippen molar-refractivity contribution in [1.82, 2.24) is 0 Å². The van der Waals surface area contributed by atoms with Crippen LogP contribution in [0.1, 0.15) is 24.0 Å². The lowest BCUT2D eigenvalue weighted by Gasteiger charge is -2.10. The second kappa shape index (κ2) is 4.50. The molecule has 0 fully saturated rings. The monoisotopic (exact) mass is 212 g/mol. The maximum atomic E-state index is 9.49. The Morgan fingerprint density at radius 2 is 2.12 bits per heavy atom. The van der Waals surface area contributed by atoms with E-state index in [2.05, 4.69) is 24.8 Å². The summed E-state index contributed by atoms with van der Waals surface area (Å²) < 4.78 is 0. The second-order valence-electron chi connectivity index (χ2n) is 3.90. The highest BCUT2D eigenvalue weighted by Crippen LogP contribution is 2.42. The first-order chi connectivity index (χ1) is 7.83. The highest BCUT2D eigenvalue weighted by atomic mass is 16.3. The van der Waals surface area contributed by atoms with Crippen LogP contribution in [0.15, 0.2) is 54.6 Å². The van der Waals surface area contributed by atoms with Crippen LogP contribution in [0, 0.1) is 0 Å². The van der Waals surface area contributed by atoms with Gasteiger partial charge in [0.25, 0.3) is 0 Å². The standard InChI is InChI=1S/C15H16O/c1-3-7-12-11(4-2)15(10-16)14-9-6-5-8-13(12)14/h3-9,15-16H,2,10H2,1H3/b7-3-. The van der Waals surface area contributed by atoms with Crippen LogP contribution < -0.4 is 0 Å². The van der Waals surface area contributed by atoms with Gasteiger partial charge in [-0.05, 0) is 29.2 Å². The van der Waals surface area contributed by atoms with E-state index >= 15 is 0 Å². The SMILES string of the molecule is C=CC1=C(/C=C\C)c2ccccc2C1CO. The largest absolute Gasteiger partial charge is 0.395 e. The molecule has 2 rings (SSSR count). The molecule has 0 amide bonds. The van der Waals surface area contributed by atoms with Crippen molar-refractivity contribution in [3.05, 3.63) is 65.8 Å². The molecule has 1 aliphatic rings. The van der Waals surface area contributed by atoms with Crippen molar-refractivity contribution < 1.29 is 5.11 Å². The van der Waals surface area contributed by atoms with E-state index in [0.29, 0.717) is 0 Å². The molecule has 0 heterocycles. The third-order valence-electron chi connectivity index (χ3n) is 3.05. The zero-order chi connectivity index (χ0) is 11.5. The highest BCUT2D eigenvalue weighted by molar-refractivity contribution is 5.86. The van der Waals surface area contributed by atoms with Gasteiger partial charge in [-0.1, -0.05) is 49.1 Å². The molecule has 1 heteroatoms. The fourth-order valence-corrected chi connectivity index (χ4v) is 2.36. The summed E-state index contributed by atoms with van der Waals surface area (Å²) in [6.45, 7) is 5.99. The molecule has 0 aliphatic heterocycles. The fraction of sp³-hybridized carbons (Fsp3) is 0.200. The van der Waals surface area contributed by atoms with Gasteiger partial charge in [-0.3, -0.25) is 0 Å². The van der Waals surface area contributed by atoms with Crippen molar-refractivity contribution in [2.45, 2.75) is 12.8 Å². The summed E-state index contributed by atoms with van der Waals surface area (Å²) in [6.07, 6.45) is 5.97. The van der Waals surface area contributed by atoms with Gasteiger partial charge in [0.05, 0.1) is 6.61 Å². The summed E-state index contributed by atoms with van der Waals surface area (Å²) in [6, 6.07) is 8.23. The van der Waals surface area contributed by atoms with Crippen LogP contribution in [0.4, 0.5) is 0 Å². The van der Waals surface area contributed by atoms with E-state index in [1.807, 2.05) is 31.2 Å². The molecule has 16 heavy (non-hydrogen) atoms. The van der Waals surface area contributed by atoms with Gasteiger partial charge >= 0.3 is 0 Å². The third-order valence-corrected chi connectivity index (χ3v) is 3.05. The number of fused-ring (bicyclic) bond motifs is 1. The van der Waals surface area contributed by atoms with Crippen molar-refractivity contribution >= 4 is 5.57 Å². The molecule has 1 nitrogen and oxygen atoms in total. The van der Waals surface area contributed by atoms with E-state index in [9.17, 15) is 5.11 Å². The molecule has 1 atom stereocenters. The number of rotatable bonds is 3. The van der Waals surface area contributed by atoms with Crippen LogP contribution in [0.2, 0.25) is 0 Å². The van der Waals surface area contributed by atoms with Crippen LogP contribution in [0.25, 0.3) is 5.57 Å². The summed E-state index contributed by atoms with van der Waals surface area (Å²) in [5.41, 5.74) is 4.73. The molecule has 82 valence electrons. The van der Waals surface area contributed by atoms with Crippen molar-refractivity contribution in [1.29, 1.82) is 0 Å². The first-order valence-corrected chi connectivity index (χ1v) is 5.53. The second-order valence-corrected chi connectivity index (χ2v) is 3.90. The van der Waals surface area contributed by atoms with E-state index in [4.69, 9.17) is 0 Å². The lowest BCUT2D eigenvalue weighted by atomic mass is 9.97. The molecule has 0 saturated heterocycles. The van der Waals surface area contributed by atoms with E-state index < -0.39 is 0 Å². The van der Waals surface area contributed by atoms with Crippen molar-refractivity contribution in [2.75, 3.05) is 6.61 Å². The molecular formula is C15H16O. The minimum atomic E-state index is 0.0832. The number of benzene rings is 1. The molecule has 0 saturated carbocycles. The van der Waals surface area contributed by atoms with Crippen LogP contribution in [-0.4, -0.2) is 11.7 Å². The van der Waals surface area contributed by atoms with Gasteiger partial charge in [-0.2, -0.15) is 0 Å². The molecule has 1 unspecified atom stereocenters. The van der Waals surface area contributed by atoms with E-state index in [0.717, 1.165) is 5.57 Å². The van der Waals surface area contributed by atoms with Crippen molar-refractivity contribution in [3.8, 4) is 0 Å². The topological polar surface area (TPSA) is 20.2 Å². The van der Waals surface area contributed by atoms with Crippen molar-refractivity contribution in [3.63, 3.8) is 0 Å². The van der Waals surface area contributed by atoms with Crippen molar-refractivity contribution in [2.24, 2.45) is 0 Å². The molecule has 0 aromatic heterocycles. The highest BCUT2D eigenvalue weighted by Gasteiger charge is 2.27. The number of aliphatic hydroxyl groups excluding tert-OH is 1. The van der Waals surface area contributed by atoms with Gasteiger partial charge in [-0.25, -0.2) is 0 Å². The fourth-order valence-electron chi connectivity index (χ4n) is 2.36. The summed E-state index contributed by atoms with van der Waals surface area (Å²) >= 11 is 0. The average Bonchev–Trinajstić information content (AvgIpc) is 2.63. The zero-order valence-corrected chi connectivity index (χ0v) is 9.48. The summed E-state index contributed by atoms with van der Waals surface area (Å²) in [7, 11) is 0. The minimum Gasteiger partial charge on any atom is -0.395 e. The van der Waals surface area contributed by atoms with Gasteiger partial charge < -0.3 is 5.11 Å². The minimum absolute atomic E-state index is 0.0832. The predicted molar refractivity (Wildman–Crippen MR) is 68.2 cm³/mol. The van der Waals surface area contributed by atoms with E-state index in [1.54, 1.807) is 0 Å². The maximum absolute atomic E-state index is 9.49. The van der Waals surface area contributed by atoms with E-state index in [1.165, 1.54) is 16.7 Å². The third kappa shape index (κ3) is 1.54. The number of hydrogen-bond donors (Lipinski definition) is 1. The summed E-state index contributed by atoms with van der Waals surface area (Å²) in [5, 5.41) is 9.49. The molecule has 1 aromatic rings. The normalized spacial score (nSPS) is 19.2. The lowest BCUT2D eigenvalue weighted by molar-refractivity contribution is 0.282. The zero-order valence-electron chi connectivity index (χ0n) is 9.48. The Morgan fingerprint density at radius 3 is 2.75 bits per heavy atom. The Kier molecular flexibility index (Phi) is 3.07. The van der Waals surface area contributed by atoms with Gasteiger partial charge in [0, 0.05) is 5.92 Å². The number of hydrogen-bond acceptors (Lipinski definition) is 1. The molecule has 0 radical (unpaired) electrons. The Bertz CT molecular complexity index is 466. The smallest absolute Gasteiger partial charge is 0.0540 e. The predicted octanol–water partition coefficient (Wildman–Crippen LogP) is 3.29. The Balaban J connectivity index is 2.64. The summed E-state index contributed by atoms with van der Waals surface area (Å²) in [5.74, 6) is 0.0832. The molecule has 1 aromatic carbocycles. The van der Waals surface area contributed by atoms with Crippen LogP contribution in [-0.2, 0) is 0 Å². The average molecular weight is 212 g/mol. The molecule has 1 N–H and O–H groups in total. The van der Waals surface area contributed by atoms with Gasteiger partial charge in [0.1, 0.15) is 0 Å². The molecule has 1 aliphatic carbocycles. The first kappa shape index (κ1) is 10.9. The first-order valence-electron chi connectivity index (χ1n) is 5.53. The van der Waals surface area contributed by atoms with Crippen LogP contribution in [0.5, 0.6) is 0 Å². The van der Waals surface area contributed by atoms with Crippen LogP contribution in [0.3, 0.4) is 0 Å². The van der Waals surface area contributed by atoms with Gasteiger partial charge in [0.2, 0.25) is 0 Å². The maximum Gasteiger partial charge on any atom is 0.0540 e. The lowest BCUT2D eigenvalue weighted by Crippen LogP contribution is -2.02. The number of aliphatic hydroxyl groups is 1.